The van der Waals surface area contributed by atoms with Gasteiger partial charge in [0.2, 0.25) is 5.91 Å². The molecule has 4 N–H and O–H groups in total. The lowest BCUT2D eigenvalue weighted by atomic mass is 10.0. The van der Waals surface area contributed by atoms with Crippen LogP contribution < -0.4 is 21.3 Å². The number of anilines is 3. The molecule has 2 saturated heterocycles. The van der Waals surface area contributed by atoms with Crippen LogP contribution in [0.15, 0.2) is 60.8 Å². The molecule has 1 aromatic heterocycles. The van der Waals surface area contributed by atoms with Crippen molar-refractivity contribution < 1.29 is 19.1 Å². The molecule has 0 saturated carbocycles. The van der Waals surface area contributed by atoms with Crippen molar-refractivity contribution in [2.45, 2.75) is 19.3 Å². The SMILES string of the molecule is CN(CCN1CCOCC1)C(=O)Nc1cccc(C(=O)Nc2ccc(N3CCCCC3)cc2-c2cc(C(N)=O)ccn2)c1. The van der Waals surface area contributed by atoms with Crippen molar-refractivity contribution in [2.24, 2.45) is 5.73 Å². The number of hydrogen-bond acceptors (Lipinski definition) is 7. The Hall–Kier alpha value is -4.48. The molecule has 2 aliphatic rings. The number of pyridine rings is 1. The van der Waals surface area contributed by atoms with E-state index in [2.05, 4.69) is 25.4 Å². The van der Waals surface area contributed by atoms with Gasteiger partial charge in [0.05, 0.1) is 24.6 Å². The van der Waals surface area contributed by atoms with Crippen LogP contribution >= 0.6 is 0 Å². The minimum atomic E-state index is -0.549. The normalized spacial score (nSPS) is 15.5. The van der Waals surface area contributed by atoms with Gasteiger partial charge in [-0.05, 0) is 67.8 Å². The predicted octanol–water partition coefficient (Wildman–Crippen LogP) is 3.89. The number of nitrogens with zero attached hydrogens (tertiary/aromatic N) is 4. The number of carbonyl (C=O) groups is 3. The average Bonchev–Trinajstić information content (AvgIpc) is 3.04. The lowest BCUT2D eigenvalue weighted by Crippen LogP contribution is -2.42. The van der Waals surface area contributed by atoms with Crippen molar-refractivity contribution in [1.82, 2.24) is 14.8 Å². The number of primary amides is 1. The summed E-state index contributed by atoms with van der Waals surface area (Å²) in [5.41, 5.74) is 9.58. The van der Waals surface area contributed by atoms with E-state index in [0.29, 0.717) is 53.5 Å². The molecule has 5 rings (SSSR count). The van der Waals surface area contributed by atoms with Gasteiger partial charge in [-0.2, -0.15) is 0 Å². The summed E-state index contributed by atoms with van der Waals surface area (Å²) >= 11 is 0. The third-order valence-corrected chi connectivity index (χ3v) is 7.87. The first-order chi connectivity index (χ1) is 20.9. The van der Waals surface area contributed by atoms with Crippen molar-refractivity contribution in [2.75, 3.05) is 75.1 Å². The molecule has 2 aromatic carbocycles. The van der Waals surface area contributed by atoms with Gasteiger partial charge in [-0.25, -0.2) is 4.79 Å². The molecule has 0 spiro atoms. The van der Waals surface area contributed by atoms with Gasteiger partial charge in [-0.1, -0.05) is 6.07 Å². The molecule has 2 fully saturated rings. The second-order valence-corrected chi connectivity index (χ2v) is 10.9. The van der Waals surface area contributed by atoms with Gasteiger partial charge in [0.15, 0.2) is 0 Å². The Morgan fingerprint density at radius 2 is 1.72 bits per heavy atom. The average molecular weight is 586 g/mol. The van der Waals surface area contributed by atoms with Crippen LogP contribution in [-0.2, 0) is 4.74 Å². The van der Waals surface area contributed by atoms with E-state index in [0.717, 1.165) is 51.3 Å². The Morgan fingerprint density at radius 1 is 0.930 bits per heavy atom. The van der Waals surface area contributed by atoms with Crippen molar-refractivity contribution in [3.63, 3.8) is 0 Å². The van der Waals surface area contributed by atoms with Crippen LogP contribution in [0, 0.1) is 0 Å². The van der Waals surface area contributed by atoms with Crippen LogP contribution in [0.5, 0.6) is 0 Å². The largest absolute Gasteiger partial charge is 0.379 e. The van der Waals surface area contributed by atoms with Gasteiger partial charge in [-0.3, -0.25) is 19.5 Å². The van der Waals surface area contributed by atoms with Gasteiger partial charge < -0.3 is 30.9 Å². The maximum absolute atomic E-state index is 13.5. The van der Waals surface area contributed by atoms with Crippen LogP contribution in [0.25, 0.3) is 11.3 Å². The van der Waals surface area contributed by atoms with E-state index in [1.165, 1.54) is 6.42 Å². The summed E-state index contributed by atoms with van der Waals surface area (Å²) in [6.07, 6.45) is 5.00. The van der Waals surface area contributed by atoms with E-state index < -0.39 is 5.91 Å². The third kappa shape index (κ3) is 7.88. The number of nitrogens with one attached hydrogen (secondary N) is 2. The van der Waals surface area contributed by atoms with Crippen molar-refractivity contribution in [3.05, 3.63) is 71.9 Å². The van der Waals surface area contributed by atoms with Crippen LogP contribution in [0.4, 0.5) is 21.9 Å². The topological polar surface area (TPSA) is 133 Å². The third-order valence-electron chi connectivity index (χ3n) is 7.87. The fourth-order valence-electron chi connectivity index (χ4n) is 5.30. The number of morpholine rings is 1. The highest BCUT2D eigenvalue weighted by atomic mass is 16.5. The standard InChI is InChI=1S/C32H39N7O4/c1-37(14-15-38-16-18-43-19-17-38)32(42)35-25-7-5-6-24(20-25)31(41)36-28-9-8-26(39-12-3-2-4-13-39)22-27(28)29-21-23(30(33)40)10-11-34-29/h5-11,20-22H,2-4,12-19H2,1H3,(H2,33,40)(H,35,42)(H,36,41). The summed E-state index contributed by atoms with van der Waals surface area (Å²) < 4.78 is 5.38. The van der Waals surface area contributed by atoms with E-state index >= 15 is 0 Å². The summed E-state index contributed by atoms with van der Waals surface area (Å²) in [5.74, 6) is -0.887. The monoisotopic (exact) mass is 585 g/mol. The molecular weight excluding hydrogens is 546 g/mol. The molecule has 0 radical (unpaired) electrons. The van der Waals surface area contributed by atoms with Crippen LogP contribution in [0.1, 0.15) is 40.0 Å². The highest BCUT2D eigenvalue weighted by Gasteiger charge is 2.18. The lowest BCUT2D eigenvalue weighted by molar-refractivity contribution is 0.0359. The van der Waals surface area contributed by atoms with Crippen LogP contribution in [0.2, 0.25) is 0 Å². The molecule has 3 heterocycles. The zero-order valence-corrected chi connectivity index (χ0v) is 24.6. The van der Waals surface area contributed by atoms with E-state index in [-0.39, 0.29) is 11.9 Å². The Kier molecular flexibility index (Phi) is 9.85. The maximum Gasteiger partial charge on any atom is 0.321 e. The first-order valence-corrected chi connectivity index (χ1v) is 14.8. The molecule has 0 unspecified atom stereocenters. The van der Waals surface area contributed by atoms with E-state index in [1.807, 2.05) is 18.2 Å². The molecule has 4 amide bonds. The molecule has 2 aliphatic heterocycles. The molecule has 0 aliphatic carbocycles. The highest BCUT2D eigenvalue weighted by Crippen LogP contribution is 2.33. The van der Waals surface area contributed by atoms with Gasteiger partial charge >= 0.3 is 6.03 Å². The second kappa shape index (κ2) is 14.1. The van der Waals surface area contributed by atoms with E-state index in [4.69, 9.17) is 10.5 Å². The number of rotatable bonds is 9. The number of amides is 4. The van der Waals surface area contributed by atoms with Gasteiger partial charge in [0.25, 0.3) is 5.91 Å². The number of hydrogen-bond donors (Lipinski definition) is 3. The summed E-state index contributed by atoms with van der Waals surface area (Å²) in [6, 6.07) is 15.6. The smallest absolute Gasteiger partial charge is 0.321 e. The minimum absolute atomic E-state index is 0.248. The Labute approximate surface area is 252 Å². The molecule has 11 nitrogen and oxygen atoms in total. The number of nitrogens with two attached hydrogens (primary N) is 1. The minimum Gasteiger partial charge on any atom is -0.379 e. The van der Waals surface area contributed by atoms with Gasteiger partial charge in [0, 0.05) is 80.6 Å². The quantitative estimate of drug-likeness (QED) is 0.347. The zero-order chi connectivity index (χ0) is 30.2. The second-order valence-electron chi connectivity index (χ2n) is 10.9. The Morgan fingerprint density at radius 3 is 2.49 bits per heavy atom. The molecule has 11 heteroatoms. The first kappa shape index (κ1) is 30.0. The zero-order valence-electron chi connectivity index (χ0n) is 24.6. The lowest BCUT2D eigenvalue weighted by Gasteiger charge is -2.29. The number of aromatic nitrogens is 1. The Bertz CT molecular complexity index is 1450. The number of likely N-dealkylation sites (N-methyl/N-ethyl adjacent to an activating group) is 1. The summed E-state index contributed by atoms with van der Waals surface area (Å²) in [5, 5.41) is 5.90. The fraction of sp³-hybridized carbons (Fsp3) is 0.375. The summed E-state index contributed by atoms with van der Waals surface area (Å²) in [6.45, 7) is 6.42. The number of ether oxygens (including phenoxy) is 1. The van der Waals surface area contributed by atoms with Gasteiger partial charge in [-0.15, -0.1) is 0 Å². The van der Waals surface area contributed by atoms with Crippen molar-refractivity contribution in [1.29, 1.82) is 0 Å². The van der Waals surface area contributed by atoms with Crippen molar-refractivity contribution in [3.8, 4) is 11.3 Å². The van der Waals surface area contributed by atoms with Crippen molar-refractivity contribution >= 4 is 34.9 Å². The number of benzene rings is 2. The van der Waals surface area contributed by atoms with E-state index in [9.17, 15) is 14.4 Å². The highest BCUT2D eigenvalue weighted by molar-refractivity contribution is 6.07. The van der Waals surface area contributed by atoms with Gasteiger partial charge in [0.1, 0.15) is 0 Å². The molecule has 3 aromatic rings. The van der Waals surface area contributed by atoms with E-state index in [1.54, 1.807) is 54.5 Å². The maximum atomic E-state index is 13.5. The molecule has 226 valence electrons. The Balaban J connectivity index is 1.31. The molecule has 0 atom stereocenters. The molecule has 0 bridgehead atoms. The van der Waals surface area contributed by atoms with Crippen LogP contribution in [0.3, 0.4) is 0 Å². The van der Waals surface area contributed by atoms with Crippen LogP contribution in [-0.4, -0.2) is 92.2 Å². The number of urea groups is 1. The number of piperidine rings is 1. The molecular formula is C32H39N7O4. The first-order valence-electron chi connectivity index (χ1n) is 14.8. The summed E-state index contributed by atoms with van der Waals surface area (Å²) in [4.78, 5) is 48.9. The molecule has 43 heavy (non-hydrogen) atoms. The fourth-order valence-corrected chi connectivity index (χ4v) is 5.30. The summed E-state index contributed by atoms with van der Waals surface area (Å²) in [7, 11) is 1.75. The number of carbonyl (C=O) groups excluding carboxylic acids is 3. The predicted molar refractivity (Wildman–Crippen MR) is 168 cm³/mol.